The summed E-state index contributed by atoms with van der Waals surface area (Å²) in [5.74, 6) is 1.58. The third-order valence-electron chi connectivity index (χ3n) is 8.60. The van der Waals surface area contributed by atoms with Crippen molar-refractivity contribution in [2.24, 2.45) is 34.5 Å². The molecule has 0 aromatic heterocycles. The molecule has 0 spiro atoms. The summed E-state index contributed by atoms with van der Waals surface area (Å²) in [6.07, 6.45) is 5.00. The molecule has 6 nitrogen and oxygen atoms in total. The summed E-state index contributed by atoms with van der Waals surface area (Å²) < 4.78 is 36.0. The highest BCUT2D eigenvalue weighted by atomic mass is 32.3. The van der Waals surface area contributed by atoms with E-state index in [2.05, 4.69) is 13.8 Å². The number of Topliss-reactive ketones (excluding diaryl/α,β-unsaturated/α-hetero) is 1. The van der Waals surface area contributed by atoms with Crippen molar-refractivity contribution in [2.45, 2.75) is 77.4 Å². The van der Waals surface area contributed by atoms with Gasteiger partial charge in [-0.05, 0) is 74.0 Å². The first kappa shape index (κ1) is 18.8. The van der Waals surface area contributed by atoms with Crippen molar-refractivity contribution in [2.75, 3.05) is 0 Å². The number of carbonyl (C=O) groups is 1. The van der Waals surface area contributed by atoms with Crippen LogP contribution in [-0.4, -0.2) is 36.1 Å². The fourth-order valence-electron chi connectivity index (χ4n) is 7.29. The molecular weight excluding hydrogens is 356 g/mol. The molecule has 0 aliphatic heterocycles. The highest BCUT2D eigenvalue weighted by molar-refractivity contribution is 7.80. The second kappa shape index (κ2) is 6.00. The molecule has 0 heterocycles. The van der Waals surface area contributed by atoms with Crippen LogP contribution in [0, 0.1) is 34.5 Å². The number of rotatable bonds is 2. The van der Waals surface area contributed by atoms with Gasteiger partial charge in [-0.3, -0.25) is 9.35 Å². The molecule has 4 aliphatic rings. The minimum atomic E-state index is -4.47. The van der Waals surface area contributed by atoms with E-state index in [-0.39, 0.29) is 16.7 Å². The molecule has 0 radical (unpaired) electrons. The Balaban J connectivity index is 1.59. The SMILES string of the molecule is C[C@]12CC[C@H](OS(=O)(=O)O)CC1C(O)C[C@@H]1[C@@H]2CC[C@]2(C)C(=O)CC[C@@H]12. The van der Waals surface area contributed by atoms with Crippen LogP contribution in [0.5, 0.6) is 0 Å². The maximum absolute atomic E-state index is 12.5. The monoisotopic (exact) mass is 386 g/mol. The second-order valence-corrected chi connectivity index (χ2v) is 10.7. The summed E-state index contributed by atoms with van der Waals surface area (Å²) in [5, 5.41) is 10.9. The summed E-state index contributed by atoms with van der Waals surface area (Å²) in [6.45, 7) is 4.36. The first-order chi connectivity index (χ1) is 12.0. The summed E-state index contributed by atoms with van der Waals surface area (Å²) >= 11 is 0. The Morgan fingerprint density at radius 1 is 1.04 bits per heavy atom. The van der Waals surface area contributed by atoms with Crippen LogP contribution in [0.25, 0.3) is 0 Å². The van der Waals surface area contributed by atoms with E-state index < -0.39 is 22.6 Å². The second-order valence-electron chi connectivity index (χ2n) is 9.63. The molecule has 4 saturated carbocycles. The predicted octanol–water partition coefficient (Wildman–Crippen LogP) is 2.76. The summed E-state index contributed by atoms with van der Waals surface area (Å²) in [4.78, 5) is 12.5. The van der Waals surface area contributed by atoms with Gasteiger partial charge in [-0.2, -0.15) is 8.42 Å². The number of aliphatic hydroxyl groups is 1. The predicted molar refractivity (Wildman–Crippen MR) is 94.5 cm³/mol. The maximum Gasteiger partial charge on any atom is 0.397 e. The molecule has 8 atom stereocenters. The van der Waals surface area contributed by atoms with Crippen LogP contribution >= 0.6 is 0 Å². The van der Waals surface area contributed by atoms with E-state index >= 15 is 0 Å². The van der Waals surface area contributed by atoms with Crippen molar-refractivity contribution >= 4 is 16.2 Å². The highest BCUT2D eigenvalue weighted by Crippen LogP contribution is 2.65. The lowest BCUT2D eigenvalue weighted by molar-refractivity contribution is -0.168. The molecule has 0 bridgehead atoms. The number of ketones is 1. The summed E-state index contributed by atoms with van der Waals surface area (Å²) in [6, 6.07) is 0. The molecule has 7 heteroatoms. The molecule has 0 saturated heterocycles. The van der Waals surface area contributed by atoms with Gasteiger partial charge >= 0.3 is 10.4 Å². The molecule has 4 aliphatic carbocycles. The average Bonchev–Trinajstić information content (AvgIpc) is 2.83. The van der Waals surface area contributed by atoms with Crippen molar-refractivity contribution in [3.8, 4) is 0 Å². The minimum Gasteiger partial charge on any atom is -0.393 e. The van der Waals surface area contributed by atoms with Gasteiger partial charge in [0.05, 0.1) is 12.2 Å². The van der Waals surface area contributed by atoms with E-state index in [4.69, 9.17) is 8.74 Å². The number of hydrogen-bond donors (Lipinski definition) is 2. The zero-order chi connectivity index (χ0) is 18.9. The average molecular weight is 387 g/mol. The van der Waals surface area contributed by atoms with Crippen LogP contribution in [0.3, 0.4) is 0 Å². The Morgan fingerprint density at radius 3 is 2.46 bits per heavy atom. The van der Waals surface area contributed by atoms with Crippen LogP contribution in [0.4, 0.5) is 0 Å². The molecule has 2 N–H and O–H groups in total. The molecule has 2 unspecified atom stereocenters. The van der Waals surface area contributed by atoms with E-state index in [9.17, 15) is 18.3 Å². The Hall–Kier alpha value is -0.500. The van der Waals surface area contributed by atoms with Gasteiger partial charge in [-0.25, -0.2) is 4.18 Å². The van der Waals surface area contributed by atoms with E-state index in [1.54, 1.807) is 0 Å². The molecular formula is C19H30O6S. The molecule has 148 valence electrons. The zero-order valence-electron chi connectivity index (χ0n) is 15.6. The molecule has 0 amide bonds. The van der Waals surface area contributed by atoms with E-state index in [0.29, 0.717) is 49.2 Å². The van der Waals surface area contributed by atoms with Gasteiger partial charge in [0.15, 0.2) is 0 Å². The van der Waals surface area contributed by atoms with Crippen LogP contribution < -0.4 is 0 Å². The largest absolute Gasteiger partial charge is 0.397 e. The standard InChI is InChI=1S/C19H30O6S/c1-18-7-5-11(25-26(22,23)24)9-15(18)16(20)10-12-13-3-4-17(21)19(13,2)8-6-14(12)18/h11-16,20H,3-10H2,1-2H3,(H,22,23,24)/t11-,12-,13-,14-,15?,16?,18+,19-/m0/s1. The van der Waals surface area contributed by atoms with Crippen molar-refractivity contribution in [3.63, 3.8) is 0 Å². The van der Waals surface area contributed by atoms with Crippen LogP contribution in [0.2, 0.25) is 0 Å². The third kappa shape index (κ3) is 2.77. The smallest absolute Gasteiger partial charge is 0.393 e. The molecule has 0 aromatic carbocycles. The van der Waals surface area contributed by atoms with Gasteiger partial charge in [0.25, 0.3) is 0 Å². The third-order valence-corrected chi connectivity index (χ3v) is 9.11. The lowest BCUT2D eigenvalue weighted by Crippen LogP contribution is -2.58. The normalized spacial score (nSPS) is 51.5. The number of fused-ring (bicyclic) bond motifs is 5. The molecule has 4 rings (SSSR count). The summed E-state index contributed by atoms with van der Waals surface area (Å²) in [5.41, 5.74) is -0.274. The first-order valence-corrected chi connectivity index (χ1v) is 11.3. The maximum atomic E-state index is 12.5. The Bertz CT molecular complexity index is 705. The van der Waals surface area contributed by atoms with Crippen molar-refractivity contribution in [3.05, 3.63) is 0 Å². The van der Waals surface area contributed by atoms with Gasteiger partial charge < -0.3 is 5.11 Å². The van der Waals surface area contributed by atoms with E-state index in [0.717, 1.165) is 25.7 Å². The van der Waals surface area contributed by atoms with E-state index in [1.807, 2.05) is 0 Å². The lowest BCUT2D eigenvalue weighted by Gasteiger charge is -2.61. The van der Waals surface area contributed by atoms with Gasteiger partial charge in [0.2, 0.25) is 0 Å². The quantitative estimate of drug-likeness (QED) is 0.708. The minimum absolute atomic E-state index is 0.0225. The lowest BCUT2D eigenvalue weighted by atomic mass is 9.44. The van der Waals surface area contributed by atoms with Crippen LogP contribution in [0.1, 0.15) is 65.2 Å². The van der Waals surface area contributed by atoms with Crippen LogP contribution in [-0.2, 0) is 19.4 Å². The number of hydrogen-bond acceptors (Lipinski definition) is 5. The number of aliphatic hydroxyl groups excluding tert-OH is 1. The van der Waals surface area contributed by atoms with Gasteiger partial charge in [0.1, 0.15) is 5.78 Å². The topological polar surface area (TPSA) is 101 Å². The molecule has 4 fully saturated rings. The fraction of sp³-hybridized carbons (Fsp3) is 0.947. The van der Waals surface area contributed by atoms with E-state index in [1.165, 1.54) is 0 Å². The first-order valence-electron chi connectivity index (χ1n) is 9.92. The van der Waals surface area contributed by atoms with Gasteiger partial charge in [-0.15, -0.1) is 0 Å². The Kier molecular flexibility index (Phi) is 4.35. The number of carbonyl (C=O) groups excluding carboxylic acids is 1. The Labute approximate surface area is 155 Å². The molecule has 26 heavy (non-hydrogen) atoms. The van der Waals surface area contributed by atoms with Crippen LogP contribution in [0.15, 0.2) is 0 Å². The Morgan fingerprint density at radius 2 is 1.77 bits per heavy atom. The highest BCUT2D eigenvalue weighted by Gasteiger charge is 2.62. The molecule has 0 aromatic rings. The fourth-order valence-corrected chi connectivity index (χ4v) is 7.81. The van der Waals surface area contributed by atoms with Gasteiger partial charge in [0, 0.05) is 11.8 Å². The van der Waals surface area contributed by atoms with Crippen molar-refractivity contribution in [1.82, 2.24) is 0 Å². The van der Waals surface area contributed by atoms with Gasteiger partial charge in [-0.1, -0.05) is 13.8 Å². The zero-order valence-corrected chi connectivity index (χ0v) is 16.4. The van der Waals surface area contributed by atoms with Crippen molar-refractivity contribution < 1.29 is 27.1 Å². The summed E-state index contributed by atoms with van der Waals surface area (Å²) in [7, 11) is -4.47. The van der Waals surface area contributed by atoms with Crippen molar-refractivity contribution in [1.29, 1.82) is 0 Å².